The summed E-state index contributed by atoms with van der Waals surface area (Å²) >= 11 is 0. The van der Waals surface area contributed by atoms with Crippen LogP contribution in [0.25, 0.3) is 0 Å². The van der Waals surface area contributed by atoms with E-state index in [1.54, 1.807) is 0 Å². The summed E-state index contributed by atoms with van der Waals surface area (Å²) in [4.78, 5) is 12.8. The number of allylic oxidation sites excluding steroid dienone is 14. The van der Waals surface area contributed by atoms with Gasteiger partial charge in [0.05, 0.1) is 19.8 Å². The van der Waals surface area contributed by atoms with Crippen LogP contribution in [0.1, 0.15) is 194 Å². The predicted molar refractivity (Wildman–Crippen MR) is 265 cm³/mol. The molecule has 0 saturated carbocycles. The number of aliphatic hydroxyl groups excluding tert-OH is 4. The molecule has 1 rings (SSSR count). The van der Waals surface area contributed by atoms with Gasteiger partial charge in [-0.25, -0.2) is 0 Å². The van der Waals surface area contributed by atoms with Gasteiger partial charge < -0.3 is 39.4 Å². The SMILES string of the molecule is CC/C=C\C/C=C\C/C=C\C/C=C\C/C=C\C/C=C\CCC(=O)OC(COCCCCCCCCCCCC/C=C\CCCCCCCCCC)COC1OC(CO)C(O)C(O)C1O. The number of aliphatic hydroxyl groups is 4. The molecule has 1 fully saturated rings. The van der Waals surface area contributed by atoms with Crippen LogP contribution in [0.5, 0.6) is 0 Å². The summed E-state index contributed by atoms with van der Waals surface area (Å²) in [6, 6.07) is 0. The first-order chi connectivity index (χ1) is 31.4. The van der Waals surface area contributed by atoms with E-state index in [2.05, 4.69) is 86.8 Å². The normalized spacial score (nSPS) is 20.2. The van der Waals surface area contributed by atoms with Crippen molar-refractivity contribution in [3.8, 4) is 0 Å². The van der Waals surface area contributed by atoms with E-state index in [4.69, 9.17) is 18.9 Å². The second-order valence-corrected chi connectivity index (χ2v) is 17.2. The molecule has 6 unspecified atom stereocenters. The van der Waals surface area contributed by atoms with Crippen LogP contribution >= 0.6 is 0 Å². The zero-order chi connectivity index (χ0) is 46.4. The van der Waals surface area contributed by atoms with Crippen molar-refractivity contribution in [2.45, 2.75) is 230 Å². The maximum absolute atomic E-state index is 12.8. The van der Waals surface area contributed by atoms with Gasteiger partial charge in [0.1, 0.15) is 30.5 Å². The fourth-order valence-corrected chi connectivity index (χ4v) is 7.34. The highest BCUT2D eigenvalue weighted by Gasteiger charge is 2.44. The number of hydrogen-bond acceptors (Lipinski definition) is 9. The van der Waals surface area contributed by atoms with Crippen LogP contribution in [-0.2, 0) is 23.7 Å². The Bertz CT molecular complexity index is 1250. The quantitative estimate of drug-likeness (QED) is 0.0268. The first kappa shape index (κ1) is 59.4. The van der Waals surface area contributed by atoms with Crippen LogP contribution in [-0.4, -0.2) is 89.6 Å². The maximum atomic E-state index is 12.8. The summed E-state index contributed by atoms with van der Waals surface area (Å²) in [5.41, 5.74) is 0. The average molecular weight is 899 g/mol. The molecule has 9 nitrogen and oxygen atoms in total. The van der Waals surface area contributed by atoms with Crippen LogP contribution in [0.2, 0.25) is 0 Å². The Morgan fingerprint density at radius 1 is 0.516 bits per heavy atom. The molecule has 0 aromatic heterocycles. The Hall–Kier alpha value is -2.63. The third-order valence-corrected chi connectivity index (χ3v) is 11.3. The van der Waals surface area contributed by atoms with Gasteiger partial charge in [0, 0.05) is 13.0 Å². The summed E-state index contributed by atoms with van der Waals surface area (Å²) in [6.45, 7) is 4.35. The predicted octanol–water partition coefficient (Wildman–Crippen LogP) is 12.6. The minimum atomic E-state index is -1.55. The molecule has 0 aromatic carbocycles. The van der Waals surface area contributed by atoms with Gasteiger partial charge in [0.15, 0.2) is 6.29 Å². The molecule has 9 heteroatoms. The third-order valence-electron chi connectivity index (χ3n) is 11.3. The summed E-state index contributed by atoms with van der Waals surface area (Å²) in [7, 11) is 0. The number of unbranched alkanes of at least 4 members (excludes halogenated alkanes) is 18. The third kappa shape index (κ3) is 35.6. The van der Waals surface area contributed by atoms with Crippen molar-refractivity contribution in [1.29, 1.82) is 0 Å². The number of carbonyl (C=O) groups excluding carboxylic acids is 1. The van der Waals surface area contributed by atoms with E-state index in [0.29, 0.717) is 13.0 Å². The molecule has 6 atom stereocenters. The Morgan fingerprint density at radius 2 is 0.953 bits per heavy atom. The van der Waals surface area contributed by atoms with E-state index >= 15 is 0 Å². The first-order valence-corrected chi connectivity index (χ1v) is 25.7. The molecule has 1 heterocycles. The molecule has 1 aliphatic rings. The molecule has 1 saturated heterocycles. The lowest BCUT2D eigenvalue weighted by Crippen LogP contribution is -2.59. The molecule has 4 N–H and O–H groups in total. The van der Waals surface area contributed by atoms with Crippen molar-refractivity contribution >= 4 is 5.97 Å². The van der Waals surface area contributed by atoms with Crippen LogP contribution in [0.3, 0.4) is 0 Å². The highest BCUT2D eigenvalue weighted by molar-refractivity contribution is 5.69. The minimum Gasteiger partial charge on any atom is -0.457 e. The van der Waals surface area contributed by atoms with Gasteiger partial charge in [-0.15, -0.1) is 0 Å². The van der Waals surface area contributed by atoms with Crippen molar-refractivity contribution in [2.75, 3.05) is 26.4 Å². The van der Waals surface area contributed by atoms with E-state index in [1.165, 1.54) is 116 Å². The Morgan fingerprint density at radius 3 is 1.44 bits per heavy atom. The van der Waals surface area contributed by atoms with Crippen molar-refractivity contribution < 1.29 is 44.2 Å². The van der Waals surface area contributed by atoms with Crippen LogP contribution in [0.15, 0.2) is 85.1 Å². The second kappa shape index (κ2) is 45.5. The Balaban J connectivity index is 2.26. The highest BCUT2D eigenvalue weighted by Crippen LogP contribution is 2.22. The molecule has 368 valence electrons. The zero-order valence-corrected chi connectivity index (χ0v) is 40.5. The van der Waals surface area contributed by atoms with Gasteiger partial charge in [-0.05, 0) is 77.0 Å². The van der Waals surface area contributed by atoms with Crippen molar-refractivity contribution in [3.05, 3.63) is 85.1 Å². The molecule has 0 aromatic rings. The van der Waals surface area contributed by atoms with E-state index in [0.717, 1.165) is 51.4 Å². The molecule has 0 bridgehead atoms. The van der Waals surface area contributed by atoms with E-state index in [1.807, 2.05) is 12.2 Å². The van der Waals surface area contributed by atoms with Gasteiger partial charge in [0.25, 0.3) is 0 Å². The largest absolute Gasteiger partial charge is 0.457 e. The number of esters is 1. The molecule has 0 amide bonds. The van der Waals surface area contributed by atoms with Crippen molar-refractivity contribution in [2.24, 2.45) is 0 Å². The molecule has 64 heavy (non-hydrogen) atoms. The fourth-order valence-electron chi connectivity index (χ4n) is 7.34. The second-order valence-electron chi connectivity index (χ2n) is 17.2. The zero-order valence-electron chi connectivity index (χ0n) is 40.5. The average Bonchev–Trinajstić information content (AvgIpc) is 3.30. The Kier molecular flexibility index (Phi) is 42.2. The fraction of sp³-hybridized carbons (Fsp3) is 0.727. The highest BCUT2D eigenvalue weighted by atomic mass is 16.7. The van der Waals surface area contributed by atoms with Crippen molar-refractivity contribution in [1.82, 2.24) is 0 Å². The van der Waals surface area contributed by atoms with Crippen LogP contribution < -0.4 is 0 Å². The summed E-state index contributed by atoms with van der Waals surface area (Å²) in [6.07, 6.45) is 54.9. The summed E-state index contributed by atoms with van der Waals surface area (Å²) in [5.74, 6) is -0.397. The first-order valence-electron chi connectivity index (χ1n) is 25.7. The van der Waals surface area contributed by atoms with Crippen molar-refractivity contribution in [3.63, 3.8) is 0 Å². The lowest BCUT2D eigenvalue weighted by molar-refractivity contribution is -0.305. The van der Waals surface area contributed by atoms with E-state index in [9.17, 15) is 25.2 Å². The Labute approximate surface area is 390 Å². The van der Waals surface area contributed by atoms with Crippen LogP contribution in [0, 0.1) is 0 Å². The lowest BCUT2D eigenvalue weighted by Gasteiger charge is -2.39. The monoisotopic (exact) mass is 899 g/mol. The van der Waals surface area contributed by atoms with E-state index in [-0.39, 0.29) is 19.6 Å². The topological polar surface area (TPSA) is 135 Å². The number of ether oxygens (including phenoxy) is 4. The van der Waals surface area contributed by atoms with Crippen LogP contribution in [0.4, 0.5) is 0 Å². The van der Waals surface area contributed by atoms with Gasteiger partial charge in [-0.1, -0.05) is 195 Å². The summed E-state index contributed by atoms with van der Waals surface area (Å²) in [5, 5.41) is 40.2. The standard InChI is InChI=1S/C55H94O9/c1-3-5-7-9-11-13-15-17-19-21-23-24-25-27-29-31-33-35-37-39-41-43-45-61-47-49(48-62-55-54(60)53(59)52(58)50(46-56)64-55)63-51(57)44-42-40-38-36-34-32-30-28-26-22-20-18-16-14-12-10-8-6-4-2/h6,8,12,14,18,20-21,23,26,28,32,34,38,40,49-50,52-56,58-60H,3-5,7,9-11,13,15-17,19,22,24-25,27,29-31,33,35-37,39,41-48H2,1-2H3/b8-6-,14-12-,20-18-,23-21-,28-26-,34-32-,40-38-. The van der Waals surface area contributed by atoms with Gasteiger partial charge in [0.2, 0.25) is 0 Å². The number of hydrogen-bond donors (Lipinski definition) is 4. The number of carbonyl (C=O) groups is 1. The minimum absolute atomic E-state index is 0.109. The molecule has 1 aliphatic heterocycles. The molecule has 0 spiro atoms. The lowest BCUT2D eigenvalue weighted by atomic mass is 9.99. The molecule has 0 aliphatic carbocycles. The molecule has 0 radical (unpaired) electrons. The molecular weight excluding hydrogens is 805 g/mol. The smallest absolute Gasteiger partial charge is 0.306 e. The van der Waals surface area contributed by atoms with Gasteiger partial charge >= 0.3 is 5.97 Å². The summed E-state index contributed by atoms with van der Waals surface area (Å²) < 4.78 is 22.8. The van der Waals surface area contributed by atoms with E-state index < -0.39 is 49.4 Å². The molecular formula is C55H94O9. The number of rotatable bonds is 43. The van der Waals surface area contributed by atoms with Gasteiger partial charge in [-0.3, -0.25) is 4.79 Å². The van der Waals surface area contributed by atoms with Gasteiger partial charge in [-0.2, -0.15) is 0 Å². The maximum Gasteiger partial charge on any atom is 0.306 e.